The summed E-state index contributed by atoms with van der Waals surface area (Å²) in [6.45, 7) is 6.70. The van der Waals surface area contributed by atoms with Gasteiger partial charge in [0.1, 0.15) is 0 Å². The van der Waals surface area contributed by atoms with Gasteiger partial charge in [0, 0.05) is 17.0 Å². The Morgan fingerprint density at radius 1 is 1.22 bits per heavy atom. The summed E-state index contributed by atoms with van der Waals surface area (Å²) in [5.74, 6) is 0.882. The van der Waals surface area contributed by atoms with E-state index in [0.29, 0.717) is 5.41 Å². The number of benzene rings is 1. The van der Waals surface area contributed by atoms with E-state index < -0.39 is 0 Å². The van der Waals surface area contributed by atoms with Gasteiger partial charge in [-0.1, -0.05) is 37.6 Å². The zero-order valence-corrected chi connectivity index (χ0v) is 12.3. The summed E-state index contributed by atoms with van der Waals surface area (Å²) in [5, 5.41) is 4.39. The zero-order chi connectivity index (χ0) is 13.0. The maximum Gasteiger partial charge on any atom is 0.0406 e. The van der Waals surface area contributed by atoms with Crippen molar-refractivity contribution in [2.45, 2.75) is 44.9 Å². The van der Waals surface area contributed by atoms with Crippen LogP contribution >= 0.6 is 11.6 Å². The number of likely N-dealkylation sites (N-methyl/N-ethyl adjacent to an activating group) is 1. The van der Waals surface area contributed by atoms with Crippen LogP contribution in [0.5, 0.6) is 0 Å². The minimum Gasteiger partial charge on any atom is -0.316 e. The van der Waals surface area contributed by atoms with Crippen molar-refractivity contribution in [3.05, 3.63) is 34.9 Å². The van der Waals surface area contributed by atoms with Crippen LogP contribution in [0.1, 0.15) is 45.1 Å². The molecule has 100 valence electrons. The molecule has 2 heteroatoms. The Bertz CT molecular complexity index is 358. The smallest absolute Gasteiger partial charge is 0.0406 e. The summed E-state index contributed by atoms with van der Waals surface area (Å²) in [5.41, 5.74) is 1.78. The highest BCUT2D eigenvalue weighted by atomic mass is 35.5. The van der Waals surface area contributed by atoms with Crippen LogP contribution in [0.15, 0.2) is 24.3 Å². The van der Waals surface area contributed by atoms with Gasteiger partial charge in [-0.2, -0.15) is 0 Å². The summed E-state index contributed by atoms with van der Waals surface area (Å²) >= 11 is 6.01. The first kappa shape index (κ1) is 13.9. The van der Waals surface area contributed by atoms with Crippen molar-refractivity contribution in [3.8, 4) is 0 Å². The van der Waals surface area contributed by atoms with E-state index in [1.165, 1.54) is 31.2 Å². The minimum atomic E-state index is 0.326. The van der Waals surface area contributed by atoms with Crippen molar-refractivity contribution >= 4 is 11.6 Å². The van der Waals surface area contributed by atoms with Gasteiger partial charge < -0.3 is 5.32 Å². The maximum absolute atomic E-state index is 6.01. The Morgan fingerprint density at radius 3 is 2.39 bits per heavy atom. The highest BCUT2D eigenvalue weighted by Gasteiger charge is 2.35. The Hall–Kier alpha value is -0.530. The second kappa shape index (κ2) is 6.08. The molecule has 0 amide bonds. The molecule has 0 unspecified atom stereocenters. The van der Waals surface area contributed by atoms with Gasteiger partial charge in [0.2, 0.25) is 0 Å². The van der Waals surface area contributed by atoms with E-state index in [2.05, 4.69) is 31.3 Å². The Labute approximate surface area is 116 Å². The molecule has 1 aromatic rings. The van der Waals surface area contributed by atoms with Gasteiger partial charge >= 0.3 is 0 Å². The van der Waals surface area contributed by atoms with E-state index in [4.69, 9.17) is 11.6 Å². The molecule has 1 saturated carbocycles. The lowest BCUT2D eigenvalue weighted by atomic mass is 9.67. The fourth-order valence-electron chi connectivity index (χ4n) is 3.05. The third kappa shape index (κ3) is 3.07. The number of nitrogens with one attached hydrogen (secondary N) is 1. The number of halogens is 1. The van der Waals surface area contributed by atoms with Crippen LogP contribution in [-0.2, 0) is 5.41 Å². The van der Waals surface area contributed by atoms with E-state index in [1.807, 2.05) is 12.1 Å². The molecule has 0 bridgehead atoms. The molecule has 1 aromatic carbocycles. The van der Waals surface area contributed by atoms with Gasteiger partial charge in [0.05, 0.1) is 0 Å². The van der Waals surface area contributed by atoms with Crippen molar-refractivity contribution in [1.82, 2.24) is 5.32 Å². The Balaban J connectivity index is 2.21. The second-order valence-corrected chi connectivity index (χ2v) is 6.19. The molecule has 0 aromatic heterocycles. The molecule has 0 spiro atoms. The molecule has 0 heterocycles. The van der Waals surface area contributed by atoms with Crippen molar-refractivity contribution in [2.24, 2.45) is 5.92 Å². The molecule has 0 saturated heterocycles. The Morgan fingerprint density at radius 2 is 1.83 bits per heavy atom. The van der Waals surface area contributed by atoms with Crippen LogP contribution in [0.25, 0.3) is 0 Å². The summed E-state index contributed by atoms with van der Waals surface area (Å²) in [7, 11) is 0. The lowest BCUT2D eigenvalue weighted by molar-refractivity contribution is 0.235. The highest BCUT2D eigenvalue weighted by molar-refractivity contribution is 6.30. The highest BCUT2D eigenvalue weighted by Crippen LogP contribution is 2.41. The predicted octanol–water partition coefficient (Wildman–Crippen LogP) is 4.40. The first-order valence-corrected chi connectivity index (χ1v) is 7.51. The second-order valence-electron chi connectivity index (χ2n) is 5.75. The normalized spacial score (nSPS) is 28.3. The fourth-order valence-corrected chi connectivity index (χ4v) is 3.18. The van der Waals surface area contributed by atoms with Crippen LogP contribution in [-0.4, -0.2) is 13.1 Å². The van der Waals surface area contributed by atoms with Crippen LogP contribution in [0.2, 0.25) is 5.02 Å². The van der Waals surface area contributed by atoms with E-state index in [-0.39, 0.29) is 0 Å². The quantitative estimate of drug-likeness (QED) is 0.851. The van der Waals surface area contributed by atoms with E-state index in [1.54, 1.807) is 0 Å². The molecule has 2 rings (SSSR count). The fraction of sp³-hybridized carbons (Fsp3) is 0.625. The van der Waals surface area contributed by atoms with Crippen LogP contribution in [0.3, 0.4) is 0 Å². The van der Waals surface area contributed by atoms with Gasteiger partial charge in [-0.3, -0.25) is 0 Å². The first-order valence-electron chi connectivity index (χ1n) is 7.13. The molecule has 0 radical (unpaired) electrons. The zero-order valence-electron chi connectivity index (χ0n) is 11.5. The number of hydrogen-bond donors (Lipinski definition) is 1. The van der Waals surface area contributed by atoms with Gasteiger partial charge in [-0.15, -0.1) is 0 Å². The molecule has 1 nitrogen and oxygen atoms in total. The van der Waals surface area contributed by atoms with E-state index >= 15 is 0 Å². The third-order valence-electron chi connectivity index (χ3n) is 4.40. The summed E-state index contributed by atoms with van der Waals surface area (Å²) in [6, 6.07) is 8.50. The van der Waals surface area contributed by atoms with Crippen molar-refractivity contribution in [3.63, 3.8) is 0 Å². The largest absolute Gasteiger partial charge is 0.316 e. The minimum absolute atomic E-state index is 0.326. The molecule has 1 aliphatic rings. The third-order valence-corrected chi connectivity index (χ3v) is 4.65. The van der Waals surface area contributed by atoms with E-state index in [9.17, 15) is 0 Å². The van der Waals surface area contributed by atoms with Gasteiger partial charge in [-0.25, -0.2) is 0 Å². The monoisotopic (exact) mass is 265 g/mol. The average molecular weight is 266 g/mol. The number of hydrogen-bond acceptors (Lipinski definition) is 1. The molecule has 0 aliphatic heterocycles. The van der Waals surface area contributed by atoms with Gasteiger partial charge in [0.25, 0.3) is 0 Å². The van der Waals surface area contributed by atoms with Crippen LogP contribution < -0.4 is 5.32 Å². The standard InChI is InChI=1S/C16H24ClN/c1-3-18-12-16(10-8-13(2)9-11-16)14-4-6-15(17)7-5-14/h4-7,13,18H,3,8-12H2,1-2H3. The van der Waals surface area contributed by atoms with Crippen LogP contribution in [0, 0.1) is 5.92 Å². The van der Waals surface area contributed by atoms with Crippen molar-refractivity contribution in [1.29, 1.82) is 0 Å². The predicted molar refractivity (Wildman–Crippen MR) is 79.3 cm³/mol. The molecule has 1 aliphatic carbocycles. The first-order chi connectivity index (χ1) is 8.66. The summed E-state index contributed by atoms with van der Waals surface area (Å²) in [4.78, 5) is 0. The number of rotatable bonds is 4. The topological polar surface area (TPSA) is 12.0 Å². The molecule has 18 heavy (non-hydrogen) atoms. The van der Waals surface area contributed by atoms with Crippen molar-refractivity contribution in [2.75, 3.05) is 13.1 Å². The van der Waals surface area contributed by atoms with Crippen LogP contribution in [0.4, 0.5) is 0 Å². The SMILES string of the molecule is CCNCC1(c2ccc(Cl)cc2)CCC(C)CC1. The summed E-state index contributed by atoms with van der Waals surface area (Å²) < 4.78 is 0. The Kier molecular flexibility index (Phi) is 4.69. The maximum atomic E-state index is 6.01. The lowest BCUT2D eigenvalue weighted by Crippen LogP contribution is -2.41. The summed E-state index contributed by atoms with van der Waals surface area (Å²) in [6.07, 6.45) is 5.27. The molecular weight excluding hydrogens is 242 g/mol. The molecule has 0 atom stereocenters. The molecular formula is C16H24ClN. The van der Waals surface area contributed by atoms with E-state index in [0.717, 1.165) is 24.0 Å². The van der Waals surface area contributed by atoms with Gasteiger partial charge in [-0.05, 0) is 55.8 Å². The van der Waals surface area contributed by atoms with Gasteiger partial charge in [0.15, 0.2) is 0 Å². The average Bonchev–Trinajstić information content (AvgIpc) is 2.40. The van der Waals surface area contributed by atoms with Crippen molar-refractivity contribution < 1.29 is 0 Å². The molecule has 1 N–H and O–H groups in total. The lowest BCUT2D eigenvalue weighted by Gasteiger charge is -2.40. The molecule has 1 fully saturated rings.